The van der Waals surface area contributed by atoms with Crippen LogP contribution >= 0.6 is 23.8 Å². The number of nitrogens with zero attached hydrogens (tertiary/aromatic N) is 2. The number of halogens is 2. The number of thiocarbonyl (C=S) groups is 1. The third-order valence-corrected chi connectivity index (χ3v) is 4.92. The van der Waals surface area contributed by atoms with Crippen LogP contribution in [0.1, 0.15) is 16.8 Å². The number of anilines is 1. The zero-order chi connectivity index (χ0) is 21.1. The van der Waals surface area contributed by atoms with Gasteiger partial charge in [0, 0.05) is 23.3 Å². The van der Waals surface area contributed by atoms with Crippen molar-refractivity contribution < 1.29 is 18.8 Å². The number of carbonyl (C=O) groups is 3. The summed E-state index contributed by atoms with van der Waals surface area (Å²) in [4.78, 5) is 38.6. The Labute approximate surface area is 176 Å². The first kappa shape index (κ1) is 20.7. The maximum Gasteiger partial charge on any atom is 0.269 e. The highest BCUT2D eigenvalue weighted by molar-refractivity contribution is 7.80. The van der Waals surface area contributed by atoms with E-state index in [4.69, 9.17) is 23.8 Å². The molecule has 0 bridgehead atoms. The van der Waals surface area contributed by atoms with E-state index in [0.717, 1.165) is 11.1 Å². The van der Waals surface area contributed by atoms with Gasteiger partial charge in [0.15, 0.2) is 5.11 Å². The molecule has 0 saturated carbocycles. The minimum absolute atomic E-state index is 0.0281. The Bertz CT molecular complexity index is 1000. The average molecular weight is 435 g/mol. The van der Waals surface area contributed by atoms with Crippen molar-refractivity contribution in [2.75, 3.05) is 12.4 Å². The zero-order valence-electron chi connectivity index (χ0n) is 15.2. The Kier molecular flexibility index (Phi) is 6.09. The van der Waals surface area contributed by atoms with Crippen molar-refractivity contribution in [1.29, 1.82) is 0 Å². The van der Waals surface area contributed by atoms with E-state index in [1.807, 2.05) is 0 Å². The van der Waals surface area contributed by atoms with Crippen molar-refractivity contribution in [2.24, 2.45) is 0 Å². The quantitative estimate of drug-likeness (QED) is 0.707. The van der Waals surface area contributed by atoms with Gasteiger partial charge in [-0.15, -0.1) is 0 Å². The number of benzene rings is 2. The largest absolute Gasteiger partial charge is 0.326 e. The number of hydrazine groups is 1. The van der Waals surface area contributed by atoms with Gasteiger partial charge in [0.25, 0.3) is 11.8 Å². The average Bonchev–Trinajstić information content (AvgIpc) is 2.86. The summed E-state index contributed by atoms with van der Waals surface area (Å²) >= 11 is 11.1. The summed E-state index contributed by atoms with van der Waals surface area (Å²) in [5, 5.41) is 4.26. The van der Waals surface area contributed by atoms with E-state index < -0.39 is 29.6 Å². The van der Waals surface area contributed by atoms with Crippen LogP contribution < -0.4 is 10.7 Å². The van der Waals surface area contributed by atoms with Crippen molar-refractivity contribution in [1.82, 2.24) is 15.3 Å². The summed E-state index contributed by atoms with van der Waals surface area (Å²) in [6.45, 7) is 0. The van der Waals surface area contributed by atoms with Crippen LogP contribution in [0, 0.1) is 5.82 Å². The van der Waals surface area contributed by atoms with Crippen molar-refractivity contribution >= 4 is 52.3 Å². The zero-order valence-corrected chi connectivity index (χ0v) is 16.8. The molecule has 1 heterocycles. The first-order chi connectivity index (χ1) is 13.8. The van der Waals surface area contributed by atoms with E-state index in [-0.39, 0.29) is 17.1 Å². The van der Waals surface area contributed by atoms with E-state index in [9.17, 15) is 18.8 Å². The van der Waals surface area contributed by atoms with Gasteiger partial charge in [0.2, 0.25) is 5.91 Å². The van der Waals surface area contributed by atoms with Crippen molar-refractivity contribution in [3.8, 4) is 0 Å². The van der Waals surface area contributed by atoms with Crippen LogP contribution in [0.2, 0.25) is 5.02 Å². The molecule has 0 radical (unpaired) electrons. The monoisotopic (exact) mass is 434 g/mol. The Hall–Kier alpha value is -3.04. The molecular weight excluding hydrogens is 419 g/mol. The molecule has 2 aromatic carbocycles. The Morgan fingerprint density at radius 3 is 2.62 bits per heavy atom. The molecule has 10 heteroatoms. The van der Waals surface area contributed by atoms with Crippen LogP contribution in [-0.2, 0) is 9.59 Å². The lowest BCUT2D eigenvalue weighted by Gasteiger charge is -2.24. The Balaban J connectivity index is 1.74. The number of amides is 3. The molecular formula is C19H16ClFN4O3S. The third kappa shape index (κ3) is 4.69. The number of hydrogen-bond acceptors (Lipinski definition) is 4. The predicted molar refractivity (Wildman–Crippen MR) is 110 cm³/mol. The van der Waals surface area contributed by atoms with Gasteiger partial charge in [-0.05, 0) is 48.6 Å². The molecule has 3 rings (SSSR count). The number of carbonyl (C=O) groups excluding carboxylic acids is 3. The molecule has 0 spiro atoms. The van der Waals surface area contributed by atoms with Crippen LogP contribution in [0.15, 0.2) is 48.5 Å². The summed E-state index contributed by atoms with van der Waals surface area (Å²) in [5.74, 6) is -2.15. The summed E-state index contributed by atoms with van der Waals surface area (Å²) < 4.78 is 13.4. The summed E-state index contributed by atoms with van der Waals surface area (Å²) in [6.07, 6.45) is -0.265. The lowest BCUT2D eigenvalue weighted by atomic mass is 10.2. The van der Waals surface area contributed by atoms with Crippen LogP contribution in [0.25, 0.3) is 0 Å². The van der Waals surface area contributed by atoms with Crippen molar-refractivity contribution in [3.63, 3.8) is 0 Å². The van der Waals surface area contributed by atoms with Gasteiger partial charge in [0.05, 0.1) is 6.42 Å². The van der Waals surface area contributed by atoms with Gasteiger partial charge in [-0.2, -0.15) is 0 Å². The number of rotatable bonds is 5. The molecule has 1 saturated heterocycles. The molecule has 1 aliphatic heterocycles. The highest BCUT2D eigenvalue weighted by atomic mass is 35.5. The van der Waals surface area contributed by atoms with Crippen LogP contribution in [0.3, 0.4) is 0 Å². The smallest absolute Gasteiger partial charge is 0.269 e. The van der Waals surface area contributed by atoms with Gasteiger partial charge < -0.3 is 5.32 Å². The fourth-order valence-electron chi connectivity index (χ4n) is 2.79. The number of hydrogen-bond donors (Lipinski definition) is 2. The minimum atomic E-state index is -1.04. The number of nitrogens with one attached hydrogen (secondary N) is 2. The number of likely N-dealkylation sites (N-methyl/N-ethyl adjacent to an activating group) is 1. The second-order valence-corrected chi connectivity index (χ2v) is 7.08. The summed E-state index contributed by atoms with van der Waals surface area (Å²) in [7, 11) is 1.45. The summed E-state index contributed by atoms with van der Waals surface area (Å²) in [6, 6.07) is 10.6. The summed E-state index contributed by atoms with van der Waals surface area (Å²) in [5.41, 5.74) is 3.01. The first-order valence-electron chi connectivity index (χ1n) is 8.49. The normalized spacial score (nSPS) is 16.2. The molecule has 150 valence electrons. The van der Waals surface area contributed by atoms with Gasteiger partial charge in [-0.3, -0.25) is 24.7 Å². The molecule has 3 amide bonds. The molecule has 7 nitrogen and oxygen atoms in total. The minimum Gasteiger partial charge on any atom is -0.326 e. The molecule has 2 N–H and O–H groups in total. The van der Waals surface area contributed by atoms with Gasteiger partial charge in [-0.25, -0.2) is 9.40 Å². The molecule has 1 atom stereocenters. The molecule has 29 heavy (non-hydrogen) atoms. The topological polar surface area (TPSA) is 81.8 Å². The van der Waals surface area contributed by atoms with Crippen LogP contribution in [0.5, 0.6) is 0 Å². The predicted octanol–water partition coefficient (Wildman–Crippen LogP) is 2.58. The highest BCUT2D eigenvalue weighted by Gasteiger charge is 2.42. The van der Waals surface area contributed by atoms with E-state index in [1.54, 1.807) is 24.3 Å². The SMILES string of the molecule is CN1C(=O)C(CC(=O)Nc2cccc(Cl)c2)N(NC(=O)c2cccc(F)c2)C1=S. The van der Waals surface area contributed by atoms with E-state index in [0.29, 0.717) is 10.7 Å². The molecule has 0 aromatic heterocycles. The van der Waals surface area contributed by atoms with Crippen molar-refractivity contribution in [2.45, 2.75) is 12.5 Å². The third-order valence-electron chi connectivity index (χ3n) is 4.22. The Morgan fingerprint density at radius 2 is 1.93 bits per heavy atom. The Morgan fingerprint density at radius 1 is 1.21 bits per heavy atom. The van der Waals surface area contributed by atoms with Gasteiger partial charge in [-0.1, -0.05) is 23.7 Å². The van der Waals surface area contributed by atoms with Crippen LogP contribution in [-0.4, -0.2) is 45.8 Å². The van der Waals surface area contributed by atoms with E-state index in [2.05, 4.69) is 10.7 Å². The molecule has 1 aliphatic rings. The molecule has 2 aromatic rings. The maximum absolute atomic E-state index is 13.4. The fourth-order valence-corrected chi connectivity index (χ4v) is 3.24. The lowest BCUT2D eigenvalue weighted by Crippen LogP contribution is -2.49. The van der Waals surface area contributed by atoms with Crippen LogP contribution in [0.4, 0.5) is 10.1 Å². The van der Waals surface area contributed by atoms with Gasteiger partial charge in [0.1, 0.15) is 11.9 Å². The second-order valence-electron chi connectivity index (χ2n) is 6.28. The molecule has 1 fully saturated rings. The maximum atomic E-state index is 13.4. The van der Waals surface area contributed by atoms with E-state index in [1.165, 1.54) is 30.1 Å². The first-order valence-corrected chi connectivity index (χ1v) is 9.27. The van der Waals surface area contributed by atoms with Gasteiger partial charge >= 0.3 is 0 Å². The second kappa shape index (κ2) is 8.54. The van der Waals surface area contributed by atoms with E-state index >= 15 is 0 Å². The lowest BCUT2D eigenvalue weighted by molar-refractivity contribution is -0.130. The molecule has 0 aliphatic carbocycles. The molecule has 1 unspecified atom stereocenters. The standard InChI is InChI=1S/C19H16ClFN4O3S/c1-24-18(28)15(10-16(26)22-14-7-3-5-12(20)9-14)25(19(24)29)23-17(27)11-4-2-6-13(21)8-11/h2-9,15H,10H2,1H3,(H,22,26)(H,23,27). The fraction of sp³-hybridized carbons (Fsp3) is 0.158. The van der Waals surface area contributed by atoms with Crippen molar-refractivity contribution in [3.05, 3.63) is 64.9 Å². The highest BCUT2D eigenvalue weighted by Crippen LogP contribution is 2.20.